The molecule has 3 amide bonds. The Morgan fingerprint density at radius 3 is 2.61 bits per heavy atom. The molecule has 7 heteroatoms. The molecule has 28 heavy (non-hydrogen) atoms. The maximum absolute atomic E-state index is 12.8. The second kappa shape index (κ2) is 9.23. The highest BCUT2D eigenvalue weighted by atomic mass is 16.5. The third-order valence-corrected chi connectivity index (χ3v) is 4.90. The molecule has 0 spiro atoms. The summed E-state index contributed by atoms with van der Waals surface area (Å²) in [6, 6.07) is 15.6. The Morgan fingerprint density at radius 2 is 1.89 bits per heavy atom. The number of benzene rings is 2. The zero-order valence-corrected chi connectivity index (χ0v) is 15.7. The average Bonchev–Trinajstić information content (AvgIpc) is 3.17. The fraction of sp³-hybridized carbons (Fsp3) is 0.333. The number of carbonyl (C=O) groups is 2. The summed E-state index contributed by atoms with van der Waals surface area (Å²) in [7, 11) is 0. The summed E-state index contributed by atoms with van der Waals surface area (Å²) in [6.07, 6.45) is 1.98. The Bertz CT molecular complexity index is 812. The molecule has 2 aromatic carbocycles. The van der Waals surface area contributed by atoms with E-state index in [-0.39, 0.29) is 18.4 Å². The number of amides is 3. The number of nitrogens with two attached hydrogens (primary N) is 2. The van der Waals surface area contributed by atoms with Crippen molar-refractivity contribution in [3.05, 3.63) is 60.2 Å². The number of likely N-dealkylation sites (tertiary alicyclic amines) is 1. The van der Waals surface area contributed by atoms with Gasteiger partial charge in [0.1, 0.15) is 11.5 Å². The van der Waals surface area contributed by atoms with Gasteiger partial charge in [-0.25, -0.2) is 4.79 Å². The summed E-state index contributed by atoms with van der Waals surface area (Å²) in [5, 5.41) is 2.68. The molecular formula is C21H26N4O3. The van der Waals surface area contributed by atoms with Gasteiger partial charge in [-0.05, 0) is 42.7 Å². The maximum Gasteiger partial charge on any atom is 0.312 e. The van der Waals surface area contributed by atoms with E-state index in [0.29, 0.717) is 24.6 Å². The van der Waals surface area contributed by atoms with Crippen molar-refractivity contribution >= 4 is 11.9 Å². The van der Waals surface area contributed by atoms with Gasteiger partial charge in [0.15, 0.2) is 0 Å². The molecule has 0 bridgehead atoms. The molecule has 2 unspecified atom stereocenters. The van der Waals surface area contributed by atoms with E-state index in [1.807, 2.05) is 54.6 Å². The minimum absolute atomic E-state index is 0.0407. The highest BCUT2D eigenvalue weighted by Gasteiger charge is 2.29. The molecule has 3 rings (SSSR count). The molecule has 5 N–H and O–H groups in total. The van der Waals surface area contributed by atoms with E-state index in [0.717, 1.165) is 18.4 Å². The van der Waals surface area contributed by atoms with E-state index >= 15 is 0 Å². The molecule has 1 heterocycles. The van der Waals surface area contributed by atoms with Gasteiger partial charge >= 0.3 is 6.03 Å². The molecule has 1 fully saturated rings. The van der Waals surface area contributed by atoms with Crippen LogP contribution in [0.15, 0.2) is 54.6 Å². The van der Waals surface area contributed by atoms with Crippen LogP contribution in [-0.4, -0.2) is 36.0 Å². The fourth-order valence-corrected chi connectivity index (χ4v) is 3.54. The molecular weight excluding hydrogens is 356 g/mol. The lowest BCUT2D eigenvalue weighted by molar-refractivity contribution is -0.132. The number of nitrogens with one attached hydrogen (secondary N) is 1. The van der Waals surface area contributed by atoms with E-state index in [1.165, 1.54) is 0 Å². The summed E-state index contributed by atoms with van der Waals surface area (Å²) in [5.41, 5.74) is 11.9. The Morgan fingerprint density at radius 1 is 1.14 bits per heavy atom. The van der Waals surface area contributed by atoms with Crippen molar-refractivity contribution in [2.24, 2.45) is 11.5 Å². The second-order valence-corrected chi connectivity index (χ2v) is 6.87. The maximum atomic E-state index is 12.8. The van der Waals surface area contributed by atoms with Gasteiger partial charge in [-0.2, -0.15) is 0 Å². The van der Waals surface area contributed by atoms with Gasteiger partial charge in [0.2, 0.25) is 5.91 Å². The first-order valence-electron chi connectivity index (χ1n) is 9.45. The second-order valence-electron chi connectivity index (χ2n) is 6.87. The van der Waals surface area contributed by atoms with E-state index < -0.39 is 12.1 Å². The zero-order chi connectivity index (χ0) is 19.9. The minimum atomic E-state index is -0.677. The summed E-state index contributed by atoms with van der Waals surface area (Å²) in [4.78, 5) is 26.1. The third-order valence-electron chi connectivity index (χ3n) is 4.90. The molecule has 0 aliphatic carbocycles. The molecule has 1 aliphatic rings. The van der Waals surface area contributed by atoms with Gasteiger partial charge in [-0.1, -0.05) is 30.3 Å². The molecule has 1 aliphatic heterocycles. The van der Waals surface area contributed by atoms with Crippen molar-refractivity contribution in [2.45, 2.75) is 31.3 Å². The van der Waals surface area contributed by atoms with Crippen LogP contribution in [0.1, 0.15) is 30.9 Å². The quantitative estimate of drug-likeness (QED) is 0.683. The number of nitrogens with zero attached hydrogens (tertiary/aromatic N) is 1. The number of rotatable bonds is 7. The Balaban J connectivity index is 1.76. The van der Waals surface area contributed by atoms with Gasteiger partial charge in [-0.15, -0.1) is 0 Å². The van der Waals surface area contributed by atoms with Gasteiger partial charge < -0.3 is 26.4 Å². The van der Waals surface area contributed by atoms with Gasteiger partial charge in [0, 0.05) is 19.1 Å². The molecule has 0 saturated carbocycles. The number of ether oxygens (including phenoxy) is 1. The van der Waals surface area contributed by atoms with Crippen LogP contribution in [0.3, 0.4) is 0 Å². The van der Waals surface area contributed by atoms with Crippen LogP contribution in [0.25, 0.3) is 0 Å². The molecule has 0 radical (unpaired) electrons. The Hall–Kier alpha value is -3.06. The Kier molecular flexibility index (Phi) is 6.49. The van der Waals surface area contributed by atoms with Crippen molar-refractivity contribution in [1.82, 2.24) is 10.2 Å². The first-order valence-corrected chi connectivity index (χ1v) is 9.45. The normalized spacial score (nSPS) is 17.2. The zero-order valence-electron chi connectivity index (χ0n) is 15.7. The predicted octanol–water partition coefficient (Wildman–Crippen LogP) is 2.53. The molecule has 148 valence electrons. The first kappa shape index (κ1) is 19.7. The smallest absolute Gasteiger partial charge is 0.312 e. The summed E-state index contributed by atoms with van der Waals surface area (Å²) < 4.78 is 5.86. The highest BCUT2D eigenvalue weighted by Crippen LogP contribution is 2.27. The van der Waals surface area contributed by atoms with Gasteiger partial charge in [0.05, 0.1) is 12.5 Å². The number of hydrogen-bond donors (Lipinski definition) is 3. The van der Waals surface area contributed by atoms with Crippen LogP contribution in [0.5, 0.6) is 11.5 Å². The minimum Gasteiger partial charge on any atom is -0.457 e. The van der Waals surface area contributed by atoms with E-state index in [1.54, 1.807) is 4.90 Å². The van der Waals surface area contributed by atoms with Crippen LogP contribution in [0.4, 0.5) is 4.79 Å². The van der Waals surface area contributed by atoms with Crippen LogP contribution in [0, 0.1) is 0 Å². The Labute approximate surface area is 164 Å². The lowest BCUT2D eigenvalue weighted by atomic mass is 10.0. The lowest BCUT2D eigenvalue weighted by Gasteiger charge is -2.26. The number of primary amides is 1. The average molecular weight is 382 g/mol. The predicted molar refractivity (Wildman–Crippen MR) is 107 cm³/mol. The van der Waals surface area contributed by atoms with Crippen LogP contribution < -0.4 is 21.5 Å². The standard InChI is InChI=1S/C21H26N4O3/c22-14-16-7-5-11-25(16)20(26)13-19(24-21(23)27)15-6-4-10-18(12-15)28-17-8-2-1-3-9-17/h1-4,6,8-10,12,16,19H,5,7,11,13-14,22H2,(H3,23,24,27). The van der Waals surface area contributed by atoms with Crippen molar-refractivity contribution in [2.75, 3.05) is 13.1 Å². The third kappa shape index (κ3) is 5.01. The largest absolute Gasteiger partial charge is 0.457 e. The number of hydrogen-bond acceptors (Lipinski definition) is 4. The molecule has 0 aromatic heterocycles. The lowest BCUT2D eigenvalue weighted by Crippen LogP contribution is -2.42. The summed E-state index contributed by atoms with van der Waals surface area (Å²) >= 11 is 0. The molecule has 2 atom stereocenters. The molecule has 2 aromatic rings. The van der Waals surface area contributed by atoms with Crippen molar-refractivity contribution in [3.63, 3.8) is 0 Å². The molecule has 7 nitrogen and oxygen atoms in total. The number of para-hydroxylation sites is 1. The van der Waals surface area contributed by atoms with Gasteiger partial charge in [-0.3, -0.25) is 4.79 Å². The SMILES string of the molecule is NCC1CCCN1C(=O)CC(NC(N)=O)c1cccc(Oc2ccccc2)c1. The highest BCUT2D eigenvalue weighted by molar-refractivity contribution is 5.79. The fourth-order valence-electron chi connectivity index (χ4n) is 3.54. The summed E-state index contributed by atoms with van der Waals surface area (Å²) in [5.74, 6) is 1.28. The van der Waals surface area contributed by atoms with Crippen LogP contribution >= 0.6 is 0 Å². The van der Waals surface area contributed by atoms with Crippen molar-refractivity contribution in [3.8, 4) is 11.5 Å². The first-order chi connectivity index (χ1) is 13.6. The molecule has 1 saturated heterocycles. The van der Waals surface area contributed by atoms with Crippen molar-refractivity contribution in [1.29, 1.82) is 0 Å². The van der Waals surface area contributed by atoms with E-state index in [9.17, 15) is 9.59 Å². The van der Waals surface area contributed by atoms with Crippen LogP contribution in [-0.2, 0) is 4.79 Å². The van der Waals surface area contributed by atoms with Crippen LogP contribution in [0.2, 0.25) is 0 Å². The topological polar surface area (TPSA) is 111 Å². The summed E-state index contributed by atoms with van der Waals surface area (Å²) in [6.45, 7) is 1.14. The van der Waals surface area contributed by atoms with Gasteiger partial charge in [0.25, 0.3) is 0 Å². The number of carbonyl (C=O) groups excluding carboxylic acids is 2. The monoisotopic (exact) mass is 382 g/mol. The van der Waals surface area contributed by atoms with E-state index in [4.69, 9.17) is 16.2 Å². The number of urea groups is 1. The van der Waals surface area contributed by atoms with E-state index in [2.05, 4.69) is 5.32 Å². The van der Waals surface area contributed by atoms with Crippen molar-refractivity contribution < 1.29 is 14.3 Å².